The fourth-order valence-electron chi connectivity index (χ4n) is 1.20. The molecule has 5 heteroatoms. The van der Waals surface area contributed by atoms with Crippen molar-refractivity contribution in [1.29, 1.82) is 0 Å². The van der Waals surface area contributed by atoms with Crippen molar-refractivity contribution in [2.45, 2.75) is 25.8 Å². The van der Waals surface area contributed by atoms with Crippen molar-refractivity contribution in [2.24, 2.45) is 5.73 Å². The van der Waals surface area contributed by atoms with E-state index in [1.54, 1.807) is 6.07 Å². The molecule has 1 amide bonds. The standard InChI is InChI=1S/C12H17ClN2O.ClH/c1-12(2,14)8-15-11(16)7-9-5-3-4-6-10(9)13;/h3-6H,7-8,14H2,1-2H3,(H,15,16);1H. The van der Waals surface area contributed by atoms with Gasteiger partial charge < -0.3 is 11.1 Å². The summed E-state index contributed by atoms with van der Waals surface area (Å²) in [6.07, 6.45) is 0.287. The van der Waals surface area contributed by atoms with Crippen LogP contribution in [0.4, 0.5) is 0 Å². The molecule has 0 unspecified atom stereocenters. The highest BCUT2D eigenvalue weighted by molar-refractivity contribution is 6.31. The van der Waals surface area contributed by atoms with Crippen molar-refractivity contribution in [3.8, 4) is 0 Å². The van der Waals surface area contributed by atoms with E-state index in [1.165, 1.54) is 0 Å². The molecule has 3 N–H and O–H groups in total. The van der Waals surface area contributed by atoms with Crippen LogP contribution in [-0.4, -0.2) is 18.0 Å². The van der Waals surface area contributed by atoms with Crippen LogP contribution < -0.4 is 11.1 Å². The number of amides is 1. The van der Waals surface area contributed by atoms with E-state index in [9.17, 15) is 4.79 Å². The number of nitrogens with one attached hydrogen (secondary N) is 1. The highest BCUT2D eigenvalue weighted by Gasteiger charge is 2.13. The molecular weight excluding hydrogens is 259 g/mol. The molecule has 0 aliphatic carbocycles. The van der Waals surface area contributed by atoms with Crippen LogP contribution in [-0.2, 0) is 11.2 Å². The van der Waals surface area contributed by atoms with E-state index < -0.39 is 5.54 Å². The minimum absolute atomic E-state index is 0. The second kappa shape index (κ2) is 6.84. The summed E-state index contributed by atoms with van der Waals surface area (Å²) >= 11 is 5.95. The SMILES string of the molecule is CC(C)(N)CNC(=O)Cc1ccccc1Cl.Cl. The van der Waals surface area contributed by atoms with Crippen LogP contribution in [0.3, 0.4) is 0 Å². The Morgan fingerprint density at radius 1 is 1.41 bits per heavy atom. The maximum atomic E-state index is 11.6. The molecular formula is C12H18Cl2N2O. The minimum Gasteiger partial charge on any atom is -0.354 e. The molecule has 0 heterocycles. The Labute approximate surface area is 113 Å². The summed E-state index contributed by atoms with van der Waals surface area (Å²) in [4.78, 5) is 11.6. The molecule has 17 heavy (non-hydrogen) atoms. The van der Waals surface area contributed by atoms with E-state index in [4.69, 9.17) is 17.3 Å². The van der Waals surface area contributed by atoms with Gasteiger partial charge in [0, 0.05) is 17.1 Å². The Morgan fingerprint density at radius 3 is 2.53 bits per heavy atom. The minimum atomic E-state index is -0.393. The van der Waals surface area contributed by atoms with Gasteiger partial charge in [0.15, 0.2) is 0 Å². The van der Waals surface area contributed by atoms with Crippen LogP contribution in [0.25, 0.3) is 0 Å². The summed E-state index contributed by atoms with van der Waals surface area (Å²) in [5.41, 5.74) is 6.20. The van der Waals surface area contributed by atoms with Crippen LogP contribution in [0.15, 0.2) is 24.3 Å². The van der Waals surface area contributed by atoms with Gasteiger partial charge in [0.05, 0.1) is 6.42 Å². The number of carbonyl (C=O) groups excluding carboxylic acids is 1. The molecule has 1 aromatic rings. The molecule has 1 rings (SSSR count). The van der Waals surface area contributed by atoms with Gasteiger partial charge in [0.1, 0.15) is 0 Å². The van der Waals surface area contributed by atoms with Crippen molar-refractivity contribution >= 4 is 29.9 Å². The normalized spacial score (nSPS) is 10.6. The molecule has 0 spiro atoms. The highest BCUT2D eigenvalue weighted by atomic mass is 35.5. The summed E-state index contributed by atoms with van der Waals surface area (Å²) in [5, 5.41) is 3.39. The second-order valence-corrected chi connectivity index (χ2v) is 4.94. The lowest BCUT2D eigenvalue weighted by Crippen LogP contribution is -2.45. The molecule has 0 fully saturated rings. The van der Waals surface area contributed by atoms with Crippen LogP contribution in [0.5, 0.6) is 0 Å². The quantitative estimate of drug-likeness (QED) is 0.886. The zero-order valence-electron chi connectivity index (χ0n) is 10.00. The Hall–Kier alpha value is -0.770. The first kappa shape index (κ1) is 16.2. The molecule has 0 aliphatic heterocycles. The second-order valence-electron chi connectivity index (χ2n) is 4.53. The molecule has 0 saturated heterocycles. The number of halogens is 2. The van der Waals surface area contributed by atoms with E-state index in [1.807, 2.05) is 32.0 Å². The molecule has 0 radical (unpaired) electrons. The topological polar surface area (TPSA) is 55.1 Å². The third-order valence-electron chi connectivity index (χ3n) is 2.05. The van der Waals surface area contributed by atoms with E-state index in [0.717, 1.165) is 5.56 Å². The van der Waals surface area contributed by atoms with Gasteiger partial charge in [-0.15, -0.1) is 12.4 Å². The average Bonchev–Trinajstić information content (AvgIpc) is 2.18. The number of carbonyl (C=O) groups is 1. The van der Waals surface area contributed by atoms with E-state index in [-0.39, 0.29) is 24.7 Å². The number of nitrogens with two attached hydrogens (primary N) is 1. The first-order valence-corrected chi connectivity index (χ1v) is 5.55. The van der Waals surface area contributed by atoms with Crippen molar-refractivity contribution in [3.05, 3.63) is 34.9 Å². The molecule has 0 aromatic heterocycles. The highest BCUT2D eigenvalue weighted by Crippen LogP contribution is 2.15. The zero-order valence-corrected chi connectivity index (χ0v) is 11.6. The van der Waals surface area contributed by atoms with Gasteiger partial charge in [-0.25, -0.2) is 0 Å². The lowest BCUT2D eigenvalue weighted by Gasteiger charge is -2.18. The molecule has 0 bridgehead atoms. The van der Waals surface area contributed by atoms with Gasteiger partial charge in [0.2, 0.25) is 5.91 Å². The van der Waals surface area contributed by atoms with Crippen LogP contribution >= 0.6 is 24.0 Å². The number of hydrogen-bond acceptors (Lipinski definition) is 2. The van der Waals surface area contributed by atoms with E-state index in [2.05, 4.69) is 5.32 Å². The third-order valence-corrected chi connectivity index (χ3v) is 2.42. The summed E-state index contributed by atoms with van der Waals surface area (Å²) in [5.74, 6) is -0.0633. The Balaban J connectivity index is 0.00000256. The molecule has 0 atom stereocenters. The van der Waals surface area contributed by atoms with Gasteiger partial charge in [-0.2, -0.15) is 0 Å². The maximum absolute atomic E-state index is 11.6. The molecule has 96 valence electrons. The van der Waals surface area contributed by atoms with Crippen molar-refractivity contribution < 1.29 is 4.79 Å². The zero-order chi connectivity index (χ0) is 12.2. The van der Waals surface area contributed by atoms with Crippen molar-refractivity contribution in [1.82, 2.24) is 5.32 Å². The third kappa shape index (κ3) is 6.51. The van der Waals surface area contributed by atoms with Crippen LogP contribution in [0, 0.1) is 0 Å². The maximum Gasteiger partial charge on any atom is 0.224 e. The van der Waals surface area contributed by atoms with Gasteiger partial charge in [0.25, 0.3) is 0 Å². The molecule has 0 aliphatic rings. The Bertz CT molecular complexity index is 375. The summed E-state index contributed by atoms with van der Waals surface area (Å²) < 4.78 is 0. The fourth-order valence-corrected chi connectivity index (χ4v) is 1.41. The van der Waals surface area contributed by atoms with Gasteiger partial charge in [-0.05, 0) is 25.5 Å². The molecule has 1 aromatic carbocycles. The number of benzene rings is 1. The van der Waals surface area contributed by atoms with Gasteiger partial charge >= 0.3 is 0 Å². The number of hydrogen-bond donors (Lipinski definition) is 2. The first-order chi connectivity index (χ1) is 7.38. The molecule has 0 saturated carbocycles. The molecule has 3 nitrogen and oxygen atoms in total. The lowest BCUT2D eigenvalue weighted by atomic mass is 10.1. The number of rotatable bonds is 4. The summed E-state index contributed by atoms with van der Waals surface area (Å²) in [6, 6.07) is 7.32. The Kier molecular flexibility index (Phi) is 6.53. The van der Waals surface area contributed by atoms with Crippen LogP contribution in [0.1, 0.15) is 19.4 Å². The van der Waals surface area contributed by atoms with Crippen LogP contribution in [0.2, 0.25) is 5.02 Å². The summed E-state index contributed by atoms with van der Waals surface area (Å²) in [6.45, 7) is 4.18. The van der Waals surface area contributed by atoms with Crippen molar-refractivity contribution in [3.63, 3.8) is 0 Å². The van der Waals surface area contributed by atoms with Gasteiger partial charge in [-0.1, -0.05) is 29.8 Å². The van der Waals surface area contributed by atoms with Gasteiger partial charge in [-0.3, -0.25) is 4.79 Å². The lowest BCUT2D eigenvalue weighted by molar-refractivity contribution is -0.120. The fraction of sp³-hybridized carbons (Fsp3) is 0.417. The monoisotopic (exact) mass is 276 g/mol. The smallest absolute Gasteiger partial charge is 0.224 e. The predicted molar refractivity (Wildman–Crippen MR) is 73.7 cm³/mol. The predicted octanol–water partition coefficient (Wildman–Crippen LogP) is 2.16. The van der Waals surface area contributed by atoms with Crippen molar-refractivity contribution in [2.75, 3.05) is 6.54 Å². The summed E-state index contributed by atoms with van der Waals surface area (Å²) in [7, 11) is 0. The Morgan fingerprint density at radius 2 is 2.00 bits per heavy atom. The largest absolute Gasteiger partial charge is 0.354 e. The van der Waals surface area contributed by atoms with E-state index >= 15 is 0 Å². The van der Waals surface area contributed by atoms with E-state index in [0.29, 0.717) is 11.6 Å². The first-order valence-electron chi connectivity index (χ1n) is 5.17. The average molecular weight is 277 g/mol.